The average molecular weight is 259 g/mol. The minimum Gasteiger partial charge on any atom is -0.469 e. The summed E-state index contributed by atoms with van der Waals surface area (Å²) in [6.07, 6.45) is 3.98. The predicted octanol–water partition coefficient (Wildman–Crippen LogP) is 2.36. The van der Waals surface area contributed by atoms with Crippen LogP contribution in [0.2, 0.25) is 0 Å². The number of hydrogen-bond donors (Lipinski definition) is 1. The van der Waals surface area contributed by atoms with Gasteiger partial charge in [0.2, 0.25) is 0 Å². The molecule has 3 nitrogen and oxygen atoms in total. The van der Waals surface area contributed by atoms with Gasteiger partial charge in [0, 0.05) is 0 Å². The number of piperidine rings is 1. The first-order valence-corrected chi connectivity index (χ1v) is 7.12. The zero-order valence-corrected chi connectivity index (χ0v) is 11.4. The second-order valence-corrected chi connectivity index (χ2v) is 5.80. The number of methoxy groups -OCH3 is 1. The van der Waals surface area contributed by atoms with Gasteiger partial charge in [0.05, 0.1) is 13.5 Å². The number of nitrogens with one attached hydrogen (secondary N) is 1. The molecule has 3 heteroatoms. The molecule has 1 heterocycles. The van der Waals surface area contributed by atoms with E-state index < -0.39 is 0 Å². The maximum atomic E-state index is 11.6. The smallest absolute Gasteiger partial charge is 0.306 e. The SMILES string of the molecule is COC(=O)C[C@H]1CC2(CCNCC2)c2ccccc21. The zero-order chi connectivity index (χ0) is 13.3. The van der Waals surface area contributed by atoms with Crippen LogP contribution < -0.4 is 5.32 Å². The summed E-state index contributed by atoms with van der Waals surface area (Å²) < 4.78 is 4.85. The number of hydrogen-bond acceptors (Lipinski definition) is 3. The predicted molar refractivity (Wildman–Crippen MR) is 74.2 cm³/mol. The first-order chi connectivity index (χ1) is 9.25. The number of esters is 1. The summed E-state index contributed by atoms with van der Waals surface area (Å²) in [5, 5.41) is 3.44. The Balaban J connectivity index is 1.92. The van der Waals surface area contributed by atoms with E-state index in [1.54, 1.807) is 0 Å². The molecule has 1 aromatic rings. The molecule has 1 spiro atoms. The lowest BCUT2D eigenvalue weighted by molar-refractivity contribution is -0.141. The molecule has 0 saturated carbocycles. The Hall–Kier alpha value is -1.35. The lowest BCUT2D eigenvalue weighted by Gasteiger charge is -2.35. The number of carbonyl (C=O) groups excluding carboxylic acids is 1. The molecule has 3 rings (SSSR count). The number of fused-ring (bicyclic) bond motifs is 2. The van der Waals surface area contributed by atoms with Crippen LogP contribution in [0.3, 0.4) is 0 Å². The maximum absolute atomic E-state index is 11.6. The van der Waals surface area contributed by atoms with Crippen LogP contribution in [0.15, 0.2) is 24.3 Å². The van der Waals surface area contributed by atoms with Gasteiger partial charge in [-0.15, -0.1) is 0 Å². The average Bonchev–Trinajstić information content (AvgIpc) is 2.74. The van der Waals surface area contributed by atoms with E-state index in [1.807, 2.05) is 0 Å². The standard InChI is InChI=1S/C16H21NO2/c1-19-15(18)10-12-11-16(6-8-17-9-7-16)14-5-3-2-4-13(12)14/h2-5,12,17H,6-11H2,1H3/t12-/m0/s1. The Morgan fingerprint density at radius 2 is 2.11 bits per heavy atom. The van der Waals surface area contributed by atoms with Crippen LogP contribution in [0.25, 0.3) is 0 Å². The third-order valence-corrected chi connectivity index (χ3v) is 4.81. The second kappa shape index (κ2) is 4.97. The third-order valence-electron chi connectivity index (χ3n) is 4.81. The van der Waals surface area contributed by atoms with Crippen molar-refractivity contribution in [1.82, 2.24) is 5.32 Å². The highest BCUT2D eigenvalue weighted by Gasteiger charge is 2.44. The van der Waals surface area contributed by atoms with E-state index in [4.69, 9.17) is 4.74 Å². The Labute approximate surface area is 114 Å². The molecule has 2 aliphatic rings. The molecule has 1 aliphatic carbocycles. The second-order valence-electron chi connectivity index (χ2n) is 5.80. The van der Waals surface area contributed by atoms with Crippen LogP contribution in [0.5, 0.6) is 0 Å². The van der Waals surface area contributed by atoms with Crippen LogP contribution in [-0.4, -0.2) is 26.2 Å². The van der Waals surface area contributed by atoms with Crippen molar-refractivity contribution in [3.8, 4) is 0 Å². The van der Waals surface area contributed by atoms with Gasteiger partial charge in [-0.1, -0.05) is 24.3 Å². The zero-order valence-electron chi connectivity index (χ0n) is 11.4. The van der Waals surface area contributed by atoms with E-state index in [9.17, 15) is 4.79 Å². The quantitative estimate of drug-likeness (QED) is 0.829. The van der Waals surface area contributed by atoms with Gasteiger partial charge in [-0.3, -0.25) is 4.79 Å². The van der Waals surface area contributed by atoms with Gasteiger partial charge in [-0.2, -0.15) is 0 Å². The van der Waals surface area contributed by atoms with Crippen LogP contribution in [-0.2, 0) is 14.9 Å². The summed E-state index contributed by atoms with van der Waals surface area (Å²) in [4.78, 5) is 11.6. The lowest BCUT2D eigenvalue weighted by atomic mass is 9.74. The molecule has 1 atom stereocenters. The summed E-state index contributed by atoms with van der Waals surface area (Å²) in [5.74, 6) is 0.243. The van der Waals surface area contributed by atoms with E-state index >= 15 is 0 Å². The summed E-state index contributed by atoms with van der Waals surface area (Å²) in [5.41, 5.74) is 3.14. The molecule has 0 radical (unpaired) electrons. The summed E-state index contributed by atoms with van der Waals surface area (Å²) in [7, 11) is 1.48. The van der Waals surface area contributed by atoms with Gasteiger partial charge in [0.1, 0.15) is 0 Å². The Kier molecular flexibility index (Phi) is 3.31. The largest absolute Gasteiger partial charge is 0.469 e. The number of rotatable bonds is 2. The molecule has 1 saturated heterocycles. The number of carbonyl (C=O) groups is 1. The molecule has 0 aromatic heterocycles. The van der Waals surface area contributed by atoms with Crippen molar-refractivity contribution in [2.75, 3.05) is 20.2 Å². The maximum Gasteiger partial charge on any atom is 0.306 e. The van der Waals surface area contributed by atoms with Crippen LogP contribution in [0, 0.1) is 0 Å². The molecule has 1 aliphatic heterocycles. The van der Waals surface area contributed by atoms with Gasteiger partial charge in [-0.05, 0) is 54.8 Å². The molecule has 1 fully saturated rings. The van der Waals surface area contributed by atoms with Crippen molar-refractivity contribution in [3.05, 3.63) is 35.4 Å². The highest BCUT2D eigenvalue weighted by molar-refractivity contribution is 5.71. The van der Waals surface area contributed by atoms with Crippen molar-refractivity contribution in [1.29, 1.82) is 0 Å². The van der Waals surface area contributed by atoms with E-state index in [0.29, 0.717) is 17.8 Å². The topological polar surface area (TPSA) is 38.3 Å². The van der Waals surface area contributed by atoms with E-state index in [0.717, 1.165) is 19.5 Å². The molecule has 1 N–H and O–H groups in total. The third kappa shape index (κ3) is 2.16. The minimum absolute atomic E-state index is 0.0919. The Bertz CT molecular complexity index is 477. The number of benzene rings is 1. The minimum atomic E-state index is -0.0919. The highest BCUT2D eigenvalue weighted by Crippen LogP contribution is 2.51. The fourth-order valence-electron chi connectivity index (χ4n) is 3.87. The molecular formula is C16H21NO2. The summed E-state index contributed by atoms with van der Waals surface area (Å²) >= 11 is 0. The molecule has 0 unspecified atom stereocenters. The van der Waals surface area contributed by atoms with Crippen molar-refractivity contribution in [3.63, 3.8) is 0 Å². The lowest BCUT2D eigenvalue weighted by Crippen LogP contribution is -2.38. The van der Waals surface area contributed by atoms with Crippen molar-refractivity contribution in [2.24, 2.45) is 0 Å². The molecular weight excluding hydrogens is 238 g/mol. The summed E-state index contributed by atoms with van der Waals surface area (Å²) in [6, 6.07) is 8.67. The van der Waals surface area contributed by atoms with Crippen molar-refractivity contribution >= 4 is 5.97 Å². The van der Waals surface area contributed by atoms with Gasteiger partial charge in [0.15, 0.2) is 0 Å². The van der Waals surface area contributed by atoms with Gasteiger partial charge >= 0.3 is 5.97 Å². The van der Waals surface area contributed by atoms with E-state index in [1.165, 1.54) is 31.1 Å². The molecule has 102 valence electrons. The van der Waals surface area contributed by atoms with Crippen LogP contribution in [0.4, 0.5) is 0 Å². The fraction of sp³-hybridized carbons (Fsp3) is 0.562. The van der Waals surface area contributed by atoms with Crippen molar-refractivity contribution in [2.45, 2.75) is 37.0 Å². The van der Waals surface area contributed by atoms with E-state index in [-0.39, 0.29) is 5.97 Å². The molecule has 1 aromatic carbocycles. The first kappa shape index (κ1) is 12.7. The van der Waals surface area contributed by atoms with Crippen molar-refractivity contribution < 1.29 is 9.53 Å². The summed E-state index contributed by atoms with van der Waals surface area (Å²) in [6.45, 7) is 2.17. The Morgan fingerprint density at radius 1 is 1.37 bits per heavy atom. The monoisotopic (exact) mass is 259 g/mol. The fourth-order valence-corrected chi connectivity index (χ4v) is 3.87. The van der Waals surface area contributed by atoms with E-state index in [2.05, 4.69) is 29.6 Å². The van der Waals surface area contributed by atoms with Crippen LogP contribution >= 0.6 is 0 Å². The normalized spacial score (nSPS) is 24.2. The van der Waals surface area contributed by atoms with Gasteiger partial charge in [-0.25, -0.2) is 0 Å². The highest BCUT2D eigenvalue weighted by atomic mass is 16.5. The first-order valence-electron chi connectivity index (χ1n) is 7.12. The molecule has 19 heavy (non-hydrogen) atoms. The number of ether oxygens (including phenoxy) is 1. The molecule has 0 bridgehead atoms. The Morgan fingerprint density at radius 3 is 2.84 bits per heavy atom. The van der Waals surface area contributed by atoms with Gasteiger partial charge in [0.25, 0.3) is 0 Å². The van der Waals surface area contributed by atoms with Gasteiger partial charge < -0.3 is 10.1 Å². The molecule has 0 amide bonds. The van der Waals surface area contributed by atoms with Crippen LogP contribution in [0.1, 0.15) is 42.7 Å².